The molecule has 0 saturated carbocycles. The monoisotopic (exact) mass is 408 g/mol. The summed E-state index contributed by atoms with van der Waals surface area (Å²) < 4.78 is 3.54. The molecule has 3 rings (SSSR count). The Hall–Kier alpha value is -1.40. The number of thiazole rings is 1. The molecular formula is C17H17IN2S. The average molecular weight is 408 g/mol. The molecule has 1 heterocycles. The van der Waals surface area contributed by atoms with E-state index in [4.69, 9.17) is 0 Å². The van der Waals surface area contributed by atoms with Gasteiger partial charge in [-0.3, -0.25) is 0 Å². The third kappa shape index (κ3) is 3.44. The highest BCUT2D eigenvalue weighted by Gasteiger charge is 2.20. The second kappa shape index (κ2) is 7.04. The average Bonchev–Trinajstić information content (AvgIpc) is 2.84. The molecule has 4 heteroatoms. The highest BCUT2D eigenvalue weighted by atomic mass is 127. The smallest absolute Gasteiger partial charge is 0.292 e. The second-order valence-electron chi connectivity index (χ2n) is 4.81. The van der Waals surface area contributed by atoms with Gasteiger partial charge in [-0.1, -0.05) is 58.5 Å². The van der Waals surface area contributed by atoms with E-state index in [1.165, 1.54) is 20.8 Å². The molecule has 0 saturated heterocycles. The highest BCUT2D eigenvalue weighted by Crippen LogP contribution is 2.21. The number of fused-ring (bicyclic) bond motifs is 1. The van der Waals surface area contributed by atoms with Gasteiger partial charge in [0, 0.05) is 12.1 Å². The number of para-hydroxylation sites is 1. The summed E-state index contributed by atoms with van der Waals surface area (Å²) in [6, 6.07) is 18.9. The topological polar surface area (TPSA) is 7.12 Å². The number of rotatable bonds is 3. The molecule has 0 atom stereocenters. The number of nitrogens with zero attached hydrogens (tertiary/aromatic N) is 2. The largest absolute Gasteiger partial charge is 1.00 e. The van der Waals surface area contributed by atoms with Gasteiger partial charge in [0.1, 0.15) is 4.70 Å². The molecule has 1 aromatic heterocycles. The Kier molecular flexibility index (Phi) is 5.36. The summed E-state index contributed by atoms with van der Waals surface area (Å²) in [5.74, 6) is 0. The normalized spacial score (nSPS) is 10.8. The molecule has 0 unspecified atom stereocenters. The van der Waals surface area contributed by atoms with Crippen molar-refractivity contribution in [2.45, 2.75) is 0 Å². The molecule has 0 amide bonds. The minimum absolute atomic E-state index is 0. The molecule has 0 aliphatic rings. The fraction of sp³-hybridized carbons (Fsp3) is 0.118. The SMILES string of the molecule is CN(C)[n+]1c(C=Cc2ccccc2)sc2ccccc21.[I-]. The van der Waals surface area contributed by atoms with Crippen LogP contribution in [0.25, 0.3) is 22.4 Å². The van der Waals surface area contributed by atoms with Gasteiger partial charge in [0.15, 0.2) is 0 Å². The van der Waals surface area contributed by atoms with Crippen molar-refractivity contribution in [3.8, 4) is 0 Å². The van der Waals surface area contributed by atoms with Crippen LogP contribution in [0.15, 0.2) is 54.6 Å². The van der Waals surface area contributed by atoms with E-state index in [-0.39, 0.29) is 24.0 Å². The zero-order valence-electron chi connectivity index (χ0n) is 12.0. The maximum atomic E-state index is 2.24. The molecule has 0 radical (unpaired) electrons. The molecule has 21 heavy (non-hydrogen) atoms. The Morgan fingerprint density at radius 2 is 1.57 bits per heavy atom. The van der Waals surface area contributed by atoms with E-state index < -0.39 is 0 Å². The van der Waals surface area contributed by atoms with Crippen LogP contribution in [0, 0.1) is 0 Å². The number of halogens is 1. The Balaban J connectivity index is 0.00000161. The van der Waals surface area contributed by atoms with Crippen LogP contribution in [-0.2, 0) is 0 Å². The van der Waals surface area contributed by atoms with E-state index in [1.807, 2.05) is 6.07 Å². The summed E-state index contributed by atoms with van der Waals surface area (Å²) in [5, 5.41) is 3.34. The molecule has 2 aromatic carbocycles. The first-order valence-electron chi connectivity index (χ1n) is 6.60. The highest BCUT2D eigenvalue weighted by molar-refractivity contribution is 7.18. The Morgan fingerprint density at radius 1 is 0.905 bits per heavy atom. The first-order valence-corrected chi connectivity index (χ1v) is 7.42. The zero-order chi connectivity index (χ0) is 13.9. The van der Waals surface area contributed by atoms with Crippen molar-refractivity contribution in [3.63, 3.8) is 0 Å². The van der Waals surface area contributed by atoms with E-state index in [0.29, 0.717) is 0 Å². The van der Waals surface area contributed by atoms with E-state index in [1.54, 1.807) is 11.3 Å². The molecule has 0 spiro atoms. The lowest BCUT2D eigenvalue weighted by molar-refractivity contribution is -0.658. The second-order valence-corrected chi connectivity index (χ2v) is 5.87. The van der Waals surface area contributed by atoms with Crippen LogP contribution < -0.4 is 33.7 Å². The predicted molar refractivity (Wildman–Crippen MR) is 87.5 cm³/mol. The lowest BCUT2D eigenvalue weighted by Gasteiger charge is -2.04. The molecule has 0 bridgehead atoms. The number of aromatic nitrogens is 1. The Labute approximate surface area is 146 Å². The maximum absolute atomic E-state index is 2.24. The minimum atomic E-state index is 0. The minimum Gasteiger partial charge on any atom is -1.00 e. The Morgan fingerprint density at radius 3 is 2.29 bits per heavy atom. The molecule has 0 aliphatic carbocycles. The standard InChI is InChI=1S/C17H17N2S.HI/c1-18(2)19-15-10-6-7-11-16(15)20-17(19)13-12-14-8-4-3-5-9-14;/h3-13H,1-2H3;1H/q+1;/p-1. The summed E-state index contributed by atoms with van der Waals surface area (Å²) in [7, 11) is 4.14. The first kappa shape index (κ1) is 16.0. The summed E-state index contributed by atoms with van der Waals surface area (Å²) in [4.78, 5) is 0. The van der Waals surface area contributed by atoms with Gasteiger partial charge in [0.25, 0.3) is 10.5 Å². The van der Waals surface area contributed by atoms with Gasteiger partial charge >= 0.3 is 0 Å². The third-order valence-corrected chi connectivity index (χ3v) is 4.22. The maximum Gasteiger partial charge on any atom is 0.292 e. The van der Waals surface area contributed by atoms with Crippen molar-refractivity contribution in [1.29, 1.82) is 0 Å². The summed E-state index contributed by atoms with van der Waals surface area (Å²) in [6.07, 6.45) is 4.34. The van der Waals surface area contributed by atoms with E-state index >= 15 is 0 Å². The van der Waals surface area contributed by atoms with Crippen molar-refractivity contribution >= 4 is 33.7 Å². The van der Waals surface area contributed by atoms with Gasteiger partial charge in [-0.05, 0) is 17.7 Å². The van der Waals surface area contributed by atoms with Gasteiger partial charge in [-0.15, -0.1) is 0 Å². The van der Waals surface area contributed by atoms with Gasteiger partial charge in [0.05, 0.1) is 14.1 Å². The van der Waals surface area contributed by atoms with Crippen molar-refractivity contribution in [3.05, 3.63) is 65.2 Å². The number of hydrogen-bond acceptors (Lipinski definition) is 2. The van der Waals surface area contributed by atoms with Crippen LogP contribution in [0.4, 0.5) is 0 Å². The molecular weight excluding hydrogens is 391 g/mol. The summed E-state index contributed by atoms with van der Waals surface area (Å²) >= 11 is 1.81. The quantitative estimate of drug-likeness (QED) is 0.454. The molecule has 108 valence electrons. The van der Waals surface area contributed by atoms with Crippen LogP contribution >= 0.6 is 11.3 Å². The van der Waals surface area contributed by atoms with Crippen molar-refractivity contribution in [1.82, 2.24) is 0 Å². The molecule has 0 aliphatic heterocycles. The number of benzene rings is 2. The van der Waals surface area contributed by atoms with Gasteiger partial charge in [-0.25, -0.2) is 0 Å². The van der Waals surface area contributed by atoms with E-state index in [2.05, 4.69) is 84.5 Å². The van der Waals surface area contributed by atoms with Crippen LogP contribution in [0.2, 0.25) is 0 Å². The Bertz CT molecular complexity index is 748. The van der Waals surface area contributed by atoms with Crippen LogP contribution in [0.5, 0.6) is 0 Å². The summed E-state index contributed by atoms with van der Waals surface area (Å²) in [5.41, 5.74) is 2.46. The molecule has 3 aromatic rings. The van der Waals surface area contributed by atoms with E-state index in [9.17, 15) is 0 Å². The van der Waals surface area contributed by atoms with E-state index in [0.717, 1.165) is 0 Å². The molecule has 0 fully saturated rings. The van der Waals surface area contributed by atoms with Crippen molar-refractivity contribution in [2.24, 2.45) is 0 Å². The van der Waals surface area contributed by atoms with Crippen molar-refractivity contribution < 1.29 is 28.7 Å². The lowest BCUT2D eigenvalue weighted by atomic mass is 10.2. The third-order valence-electron chi connectivity index (χ3n) is 3.13. The number of hydrogen-bond donors (Lipinski definition) is 0. The lowest BCUT2D eigenvalue weighted by Crippen LogP contribution is -3.00. The summed E-state index contributed by atoms with van der Waals surface area (Å²) in [6.45, 7) is 0. The first-order chi connectivity index (χ1) is 9.75. The zero-order valence-corrected chi connectivity index (χ0v) is 15.0. The molecule has 2 nitrogen and oxygen atoms in total. The fourth-order valence-corrected chi connectivity index (χ4v) is 3.36. The van der Waals surface area contributed by atoms with Crippen LogP contribution in [-0.4, -0.2) is 14.1 Å². The van der Waals surface area contributed by atoms with Gasteiger partial charge in [0.2, 0.25) is 0 Å². The predicted octanol–water partition coefficient (Wildman–Crippen LogP) is 0.561. The van der Waals surface area contributed by atoms with Gasteiger partial charge < -0.3 is 24.0 Å². The van der Waals surface area contributed by atoms with Gasteiger partial charge in [-0.2, -0.15) is 5.01 Å². The fourth-order valence-electron chi connectivity index (χ4n) is 2.24. The molecule has 0 N–H and O–H groups in total. The van der Waals surface area contributed by atoms with Crippen molar-refractivity contribution in [2.75, 3.05) is 19.1 Å². The van der Waals surface area contributed by atoms with Crippen LogP contribution in [0.1, 0.15) is 10.6 Å². The van der Waals surface area contributed by atoms with Crippen LogP contribution in [0.3, 0.4) is 0 Å².